The zero-order valence-corrected chi connectivity index (χ0v) is 8.02. The Labute approximate surface area is 81.7 Å². The molecular weight excluding hydrogens is 186 g/mol. The van der Waals surface area contributed by atoms with Crippen LogP contribution in [0.4, 0.5) is 8.78 Å². The van der Waals surface area contributed by atoms with Gasteiger partial charge in [0.25, 0.3) is 5.92 Å². The third-order valence-electron chi connectivity index (χ3n) is 2.53. The second-order valence-corrected chi connectivity index (χ2v) is 3.45. The van der Waals surface area contributed by atoms with Crippen LogP contribution in [0.25, 0.3) is 0 Å². The topological polar surface area (TPSA) is 9.23 Å². The molecule has 14 heavy (non-hydrogen) atoms. The maximum atomic E-state index is 13.4. The highest BCUT2D eigenvalue weighted by Gasteiger charge is 2.38. The Hall–Kier alpha value is -1.12. The van der Waals surface area contributed by atoms with E-state index in [-0.39, 0.29) is 18.6 Å². The second kappa shape index (κ2) is 3.23. The zero-order chi connectivity index (χ0) is 10.2. The summed E-state index contributed by atoms with van der Waals surface area (Å²) in [5.41, 5.74) is 0.907. The quantitative estimate of drug-likeness (QED) is 0.673. The first-order valence-electron chi connectivity index (χ1n) is 4.78. The fourth-order valence-corrected chi connectivity index (χ4v) is 1.74. The van der Waals surface area contributed by atoms with Crippen molar-refractivity contribution in [2.75, 3.05) is 6.61 Å². The van der Waals surface area contributed by atoms with Crippen molar-refractivity contribution in [1.29, 1.82) is 0 Å². The smallest absolute Gasteiger partial charge is 0.280 e. The molecule has 1 heterocycles. The van der Waals surface area contributed by atoms with Crippen LogP contribution in [-0.4, -0.2) is 6.61 Å². The number of hydrogen-bond donors (Lipinski definition) is 0. The summed E-state index contributed by atoms with van der Waals surface area (Å²) in [7, 11) is 0. The molecular formula is C11H12F2O. The number of aryl methyl sites for hydroxylation is 1. The molecule has 0 spiro atoms. The second-order valence-electron chi connectivity index (χ2n) is 3.45. The lowest BCUT2D eigenvalue weighted by atomic mass is 9.98. The van der Waals surface area contributed by atoms with E-state index in [9.17, 15) is 8.78 Å². The molecule has 1 nitrogen and oxygen atoms in total. The van der Waals surface area contributed by atoms with Crippen LogP contribution in [-0.2, 0) is 12.3 Å². The van der Waals surface area contributed by atoms with E-state index in [4.69, 9.17) is 4.74 Å². The van der Waals surface area contributed by atoms with Crippen LogP contribution in [0.3, 0.4) is 0 Å². The van der Waals surface area contributed by atoms with Crippen LogP contribution < -0.4 is 4.74 Å². The normalized spacial score (nSPS) is 18.5. The summed E-state index contributed by atoms with van der Waals surface area (Å²) >= 11 is 0. The summed E-state index contributed by atoms with van der Waals surface area (Å²) < 4.78 is 32.2. The summed E-state index contributed by atoms with van der Waals surface area (Å²) in [4.78, 5) is 0. The third kappa shape index (κ3) is 1.37. The van der Waals surface area contributed by atoms with Crippen molar-refractivity contribution < 1.29 is 13.5 Å². The zero-order valence-electron chi connectivity index (χ0n) is 8.02. The molecule has 0 atom stereocenters. The number of hydrogen-bond acceptors (Lipinski definition) is 1. The molecule has 0 N–H and O–H groups in total. The van der Waals surface area contributed by atoms with Gasteiger partial charge < -0.3 is 4.74 Å². The van der Waals surface area contributed by atoms with Crippen molar-refractivity contribution in [2.24, 2.45) is 0 Å². The number of rotatable bonds is 1. The molecule has 0 saturated heterocycles. The molecule has 0 unspecified atom stereocenters. The molecule has 0 bridgehead atoms. The van der Waals surface area contributed by atoms with Gasteiger partial charge in [0.05, 0.1) is 18.6 Å². The number of benzene rings is 1. The van der Waals surface area contributed by atoms with Crippen LogP contribution in [0.1, 0.15) is 24.5 Å². The summed E-state index contributed by atoms with van der Waals surface area (Å²) in [5.74, 6) is -2.33. The molecule has 1 aliphatic heterocycles. The number of ether oxygens (including phenoxy) is 1. The maximum Gasteiger partial charge on any atom is 0.280 e. The fourth-order valence-electron chi connectivity index (χ4n) is 1.74. The van der Waals surface area contributed by atoms with Gasteiger partial charge in [-0.25, -0.2) is 8.78 Å². The van der Waals surface area contributed by atoms with Gasteiger partial charge >= 0.3 is 0 Å². The highest BCUT2D eigenvalue weighted by atomic mass is 19.3. The van der Waals surface area contributed by atoms with Gasteiger partial charge in [-0.15, -0.1) is 0 Å². The Morgan fingerprint density at radius 3 is 2.93 bits per heavy atom. The Morgan fingerprint density at radius 1 is 1.43 bits per heavy atom. The summed E-state index contributed by atoms with van der Waals surface area (Å²) in [6, 6.07) is 4.95. The average molecular weight is 198 g/mol. The lowest BCUT2D eigenvalue weighted by molar-refractivity contribution is -0.0407. The van der Waals surface area contributed by atoms with E-state index in [2.05, 4.69) is 0 Å². The van der Waals surface area contributed by atoms with Crippen molar-refractivity contribution in [3.63, 3.8) is 0 Å². The highest BCUT2D eigenvalue weighted by molar-refractivity contribution is 5.45. The SMILES string of the molecule is CCc1cccc2c1OCCC2(F)F. The highest BCUT2D eigenvalue weighted by Crippen LogP contribution is 2.42. The molecule has 0 aromatic heterocycles. The van der Waals surface area contributed by atoms with E-state index in [1.54, 1.807) is 6.07 Å². The van der Waals surface area contributed by atoms with Crippen LogP contribution in [0.2, 0.25) is 0 Å². The Bertz CT molecular complexity index is 347. The van der Waals surface area contributed by atoms with Crippen molar-refractivity contribution in [2.45, 2.75) is 25.7 Å². The Kier molecular flexibility index (Phi) is 2.17. The van der Waals surface area contributed by atoms with Crippen molar-refractivity contribution in [3.05, 3.63) is 29.3 Å². The van der Waals surface area contributed by atoms with Crippen molar-refractivity contribution in [1.82, 2.24) is 0 Å². The summed E-state index contributed by atoms with van der Waals surface area (Å²) in [5, 5.41) is 0. The number of alkyl halides is 2. The maximum absolute atomic E-state index is 13.4. The standard InChI is InChI=1S/C11H12F2O/c1-2-8-4-3-5-9-10(8)14-7-6-11(9,12)13/h3-5H,2,6-7H2,1H3. The minimum Gasteiger partial charge on any atom is -0.493 e. The first kappa shape index (κ1) is 9.44. The molecule has 0 amide bonds. The number of halogens is 2. The van der Waals surface area contributed by atoms with E-state index in [1.807, 2.05) is 13.0 Å². The van der Waals surface area contributed by atoms with E-state index < -0.39 is 5.92 Å². The van der Waals surface area contributed by atoms with Crippen molar-refractivity contribution in [3.8, 4) is 5.75 Å². The van der Waals surface area contributed by atoms with Gasteiger partial charge in [0.1, 0.15) is 5.75 Å². The molecule has 0 aliphatic carbocycles. The monoisotopic (exact) mass is 198 g/mol. The molecule has 0 fully saturated rings. The van der Waals surface area contributed by atoms with Gasteiger partial charge in [-0.1, -0.05) is 19.1 Å². The minimum atomic E-state index is -2.72. The first-order chi connectivity index (χ1) is 6.65. The predicted molar refractivity (Wildman–Crippen MR) is 49.8 cm³/mol. The minimum absolute atomic E-state index is 0.0445. The van der Waals surface area contributed by atoms with E-state index in [1.165, 1.54) is 6.07 Å². The molecule has 0 saturated carbocycles. The lowest BCUT2D eigenvalue weighted by Gasteiger charge is -2.27. The van der Waals surface area contributed by atoms with Crippen LogP contribution in [0, 0.1) is 0 Å². The van der Waals surface area contributed by atoms with Gasteiger partial charge in [-0.2, -0.15) is 0 Å². The number of para-hydroxylation sites is 1. The molecule has 1 aliphatic rings. The molecule has 3 heteroatoms. The Balaban J connectivity index is 2.55. The molecule has 0 radical (unpaired) electrons. The van der Waals surface area contributed by atoms with E-state index >= 15 is 0 Å². The fraction of sp³-hybridized carbons (Fsp3) is 0.455. The summed E-state index contributed by atoms with van der Waals surface area (Å²) in [6.45, 7) is 2.04. The average Bonchev–Trinajstić information content (AvgIpc) is 2.17. The lowest BCUT2D eigenvalue weighted by Crippen LogP contribution is -2.24. The van der Waals surface area contributed by atoms with Crippen molar-refractivity contribution >= 4 is 0 Å². The molecule has 2 rings (SSSR count). The van der Waals surface area contributed by atoms with Gasteiger partial charge in [-0.3, -0.25) is 0 Å². The van der Waals surface area contributed by atoms with Gasteiger partial charge in [0.15, 0.2) is 0 Å². The van der Waals surface area contributed by atoms with E-state index in [0.29, 0.717) is 5.75 Å². The molecule has 76 valence electrons. The van der Waals surface area contributed by atoms with Gasteiger partial charge in [0.2, 0.25) is 0 Å². The number of fused-ring (bicyclic) bond motifs is 1. The molecule has 1 aromatic rings. The third-order valence-corrected chi connectivity index (χ3v) is 2.53. The first-order valence-corrected chi connectivity index (χ1v) is 4.78. The van der Waals surface area contributed by atoms with Crippen LogP contribution >= 0.6 is 0 Å². The molecule has 1 aromatic carbocycles. The van der Waals surface area contributed by atoms with Crippen LogP contribution in [0.15, 0.2) is 18.2 Å². The van der Waals surface area contributed by atoms with Crippen LogP contribution in [0.5, 0.6) is 5.75 Å². The Morgan fingerprint density at radius 2 is 2.21 bits per heavy atom. The van der Waals surface area contributed by atoms with E-state index in [0.717, 1.165) is 12.0 Å². The largest absolute Gasteiger partial charge is 0.493 e. The van der Waals surface area contributed by atoms with Gasteiger partial charge in [0, 0.05) is 0 Å². The van der Waals surface area contributed by atoms with Gasteiger partial charge in [-0.05, 0) is 18.1 Å². The predicted octanol–water partition coefficient (Wildman–Crippen LogP) is 3.12. The summed E-state index contributed by atoms with van der Waals surface area (Å²) in [6.07, 6.45) is 0.506.